The number of ether oxygens (including phenoxy) is 1. The molecule has 0 spiro atoms. The summed E-state index contributed by atoms with van der Waals surface area (Å²) in [5.74, 6) is -1.50. The predicted molar refractivity (Wildman–Crippen MR) is 121 cm³/mol. The van der Waals surface area contributed by atoms with E-state index in [1.54, 1.807) is 30.3 Å². The van der Waals surface area contributed by atoms with Gasteiger partial charge in [-0.2, -0.15) is 0 Å². The van der Waals surface area contributed by atoms with Crippen LogP contribution in [-0.4, -0.2) is 49.9 Å². The third-order valence-electron chi connectivity index (χ3n) is 4.23. The summed E-state index contributed by atoms with van der Waals surface area (Å²) < 4.78 is 30.9. The Balaban J connectivity index is 0.00000320. The van der Waals surface area contributed by atoms with Crippen LogP contribution < -0.4 is 20.5 Å². The van der Waals surface area contributed by atoms with Gasteiger partial charge in [-0.05, 0) is 49.6 Å². The van der Waals surface area contributed by atoms with E-state index in [1.807, 2.05) is 0 Å². The number of hydrogen-bond donors (Lipinski definition) is 4. The van der Waals surface area contributed by atoms with Gasteiger partial charge in [-0.25, -0.2) is 13.2 Å². The standard InChI is InChI=1S/C19H18BrN3O5S.Na.H/c20-12-6-3-7-13(10-12)22-17-14(23-29(26)27)8-9-15(16(17)18(21)24)28-19(25)11-4-1-2-5-11;;/h3-4,6-10,22,29H,1-2,5H2,(H2,21,24)(H,23,26,27);;. The Bertz CT molecular complexity index is 1080. The second-order valence-corrected chi connectivity index (χ2v) is 7.89. The van der Waals surface area contributed by atoms with Gasteiger partial charge in [-0.3, -0.25) is 9.52 Å². The number of halogens is 1. The molecule has 0 aromatic heterocycles. The fourth-order valence-electron chi connectivity index (χ4n) is 2.97. The Morgan fingerprint density at radius 1 is 1.17 bits per heavy atom. The summed E-state index contributed by atoms with van der Waals surface area (Å²) in [4.78, 5) is 24.6. The molecule has 2 aromatic carbocycles. The normalized spacial score (nSPS) is 12.7. The number of carbonyl (C=O) groups excluding carboxylic acids is 2. The zero-order valence-electron chi connectivity index (χ0n) is 15.1. The quantitative estimate of drug-likeness (QED) is 0.199. The Morgan fingerprint density at radius 2 is 1.93 bits per heavy atom. The fraction of sp³-hybridized carbons (Fsp3) is 0.158. The third kappa shape index (κ3) is 6.08. The molecule has 1 amide bonds. The van der Waals surface area contributed by atoms with Crippen molar-refractivity contribution in [1.29, 1.82) is 0 Å². The first-order chi connectivity index (χ1) is 13.8. The average molecular weight is 504 g/mol. The second-order valence-electron chi connectivity index (χ2n) is 6.24. The van der Waals surface area contributed by atoms with Gasteiger partial charge in [-0.15, -0.1) is 0 Å². The van der Waals surface area contributed by atoms with Gasteiger partial charge in [0.15, 0.2) is 0 Å². The molecule has 0 atom stereocenters. The molecule has 1 aliphatic rings. The van der Waals surface area contributed by atoms with Crippen molar-refractivity contribution in [2.45, 2.75) is 19.3 Å². The monoisotopic (exact) mass is 503 g/mol. The summed E-state index contributed by atoms with van der Waals surface area (Å²) >= 11 is 3.35. The maximum atomic E-state index is 12.4. The summed E-state index contributed by atoms with van der Waals surface area (Å²) in [7, 11) is -3.01. The van der Waals surface area contributed by atoms with Crippen molar-refractivity contribution in [2.24, 2.45) is 5.73 Å². The van der Waals surface area contributed by atoms with E-state index in [0.717, 1.165) is 17.3 Å². The molecule has 0 heterocycles. The van der Waals surface area contributed by atoms with Crippen molar-refractivity contribution < 1.29 is 22.7 Å². The zero-order valence-corrected chi connectivity index (χ0v) is 17.6. The second kappa shape index (κ2) is 11.0. The van der Waals surface area contributed by atoms with Gasteiger partial charge in [0, 0.05) is 15.7 Å². The van der Waals surface area contributed by atoms with Crippen LogP contribution in [0, 0.1) is 0 Å². The molecule has 154 valence electrons. The van der Waals surface area contributed by atoms with Crippen LogP contribution in [0.2, 0.25) is 0 Å². The molecular formula is C19H19BrN3NaO5S. The number of thiol groups is 1. The molecule has 8 nitrogen and oxygen atoms in total. The van der Waals surface area contributed by atoms with Crippen molar-refractivity contribution in [2.75, 3.05) is 10.0 Å². The van der Waals surface area contributed by atoms with Crippen LogP contribution in [-0.2, 0) is 15.7 Å². The number of allylic oxidation sites excluding steroid dienone is 1. The number of primary amides is 1. The molecule has 0 bridgehead atoms. The van der Waals surface area contributed by atoms with Crippen LogP contribution in [0.4, 0.5) is 17.1 Å². The summed E-state index contributed by atoms with van der Waals surface area (Å²) in [5.41, 5.74) is 6.69. The van der Waals surface area contributed by atoms with Crippen LogP contribution in [0.25, 0.3) is 0 Å². The van der Waals surface area contributed by atoms with Crippen LogP contribution in [0.15, 0.2) is 52.5 Å². The van der Waals surface area contributed by atoms with Crippen molar-refractivity contribution >= 4 is 85.3 Å². The number of anilines is 3. The van der Waals surface area contributed by atoms with Crippen LogP contribution in [0.3, 0.4) is 0 Å². The third-order valence-corrected chi connectivity index (χ3v) is 5.14. The van der Waals surface area contributed by atoms with Crippen molar-refractivity contribution in [3.8, 4) is 5.75 Å². The van der Waals surface area contributed by atoms with E-state index >= 15 is 0 Å². The molecule has 4 N–H and O–H groups in total. The predicted octanol–water partition coefficient (Wildman–Crippen LogP) is 2.60. The Hall–Kier alpha value is -1.85. The van der Waals surface area contributed by atoms with E-state index in [1.165, 1.54) is 12.1 Å². The van der Waals surface area contributed by atoms with Gasteiger partial charge in [-0.1, -0.05) is 28.1 Å². The minimum absolute atomic E-state index is 0. The first kappa shape index (κ1) is 24.4. The molecular weight excluding hydrogens is 485 g/mol. The number of nitrogens with two attached hydrogens (primary N) is 1. The van der Waals surface area contributed by atoms with Gasteiger partial charge in [0.25, 0.3) is 5.91 Å². The number of esters is 1. The molecule has 0 aliphatic heterocycles. The summed E-state index contributed by atoms with van der Waals surface area (Å²) in [6.45, 7) is 0. The maximum absolute atomic E-state index is 12.4. The van der Waals surface area contributed by atoms with Gasteiger partial charge in [0.1, 0.15) is 11.3 Å². The zero-order chi connectivity index (χ0) is 21.0. The molecule has 11 heteroatoms. The SMILES string of the molecule is NC(=O)c1c(OC(=O)C2=CCCC2)ccc(N[SH](=O)=O)c1Nc1cccc(Br)c1.[NaH]. The number of amides is 1. The molecule has 0 unspecified atom stereocenters. The van der Waals surface area contributed by atoms with Crippen molar-refractivity contribution in [1.82, 2.24) is 0 Å². The van der Waals surface area contributed by atoms with E-state index in [2.05, 4.69) is 26.0 Å². The number of rotatable bonds is 7. The van der Waals surface area contributed by atoms with Crippen LogP contribution in [0.1, 0.15) is 29.6 Å². The summed E-state index contributed by atoms with van der Waals surface area (Å²) in [6.07, 6.45) is 4.06. The van der Waals surface area contributed by atoms with E-state index in [-0.39, 0.29) is 52.2 Å². The topological polar surface area (TPSA) is 128 Å². The summed E-state index contributed by atoms with van der Waals surface area (Å²) in [5, 5.41) is 2.99. The molecule has 0 fully saturated rings. The molecule has 1 aliphatic carbocycles. The van der Waals surface area contributed by atoms with Crippen molar-refractivity contribution in [3.63, 3.8) is 0 Å². The Labute approximate surface area is 205 Å². The van der Waals surface area contributed by atoms with Gasteiger partial charge >= 0.3 is 35.5 Å². The summed E-state index contributed by atoms with van der Waals surface area (Å²) in [6, 6.07) is 9.74. The number of carbonyl (C=O) groups is 2. The first-order valence-electron chi connectivity index (χ1n) is 8.67. The molecule has 0 saturated carbocycles. The van der Waals surface area contributed by atoms with E-state index in [0.29, 0.717) is 17.7 Å². The first-order valence-corrected chi connectivity index (χ1v) is 10.6. The molecule has 3 rings (SSSR count). The van der Waals surface area contributed by atoms with E-state index < -0.39 is 22.8 Å². The average Bonchev–Trinajstić information content (AvgIpc) is 3.18. The number of hydrogen-bond acceptors (Lipinski definition) is 6. The van der Waals surface area contributed by atoms with Crippen LogP contribution in [0.5, 0.6) is 5.75 Å². The van der Waals surface area contributed by atoms with Gasteiger partial charge in [0.2, 0.25) is 10.9 Å². The molecule has 30 heavy (non-hydrogen) atoms. The van der Waals surface area contributed by atoms with Gasteiger partial charge in [0.05, 0.1) is 11.4 Å². The molecule has 0 radical (unpaired) electrons. The molecule has 0 saturated heterocycles. The van der Waals surface area contributed by atoms with Gasteiger partial charge < -0.3 is 15.8 Å². The van der Waals surface area contributed by atoms with E-state index in [9.17, 15) is 18.0 Å². The van der Waals surface area contributed by atoms with E-state index in [4.69, 9.17) is 10.5 Å². The van der Waals surface area contributed by atoms with Crippen molar-refractivity contribution in [3.05, 3.63) is 58.1 Å². The Kier molecular flexibility index (Phi) is 8.92. The minimum atomic E-state index is -3.01. The molecule has 2 aromatic rings. The number of benzene rings is 2. The number of nitrogens with one attached hydrogen (secondary N) is 2. The Morgan fingerprint density at radius 3 is 2.53 bits per heavy atom. The fourth-order valence-corrected chi connectivity index (χ4v) is 3.75. The van der Waals surface area contributed by atoms with Crippen LogP contribution >= 0.6 is 15.9 Å².